The van der Waals surface area contributed by atoms with Crippen molar-refractivity contribution in [3.05, 3.63) is 97.9 Å². The zero-order chi connectivity index (χ0) is 22.5. The number of benzene rings is 3. The maximum Gasteiger partial charge on any atom is 0.253 e. The number of piperazine rings is 1. The van der Waals surface area contributed by atoms with Crippen LogP contribution in [0.3, 0.4) is 0 Å². The van der Waals surface area contributed by atoms with Gasteiger partial charge in [0.25, 0.3) is 5.91 Å². The molecule has 0 radical (unpaired) electrons. The number of hydrogen-bond acceptors (Lipinski definition) is 3. The van der Waals surface area contributed by atoms with Gasteiger partial charge in [-0.2, -0.15) is 0 Å². The lowest BCUT2D eigenvalue weighted by Crippen LogP contribution is -2.48. The van der Waals surface area contributed by atoms with Gasteiger partial charge in [0.2, 0.25) is 0 Å². The van der Waals surface area contributed by atoms with E-state index in [2.05, 4.69) is 20.8 Å². The van der Waals surface area contributed by atoms with E-state index in [1.54, 1.807) is 6.07 Å². The summed E-state index contributed by atoms with van der Waals surface area (Å²) in [4.78, 5) is 17.3. The molecule has 0 unspecified atom stereocenters. The minimum atomic E-state index is 0.0552. The lowest BCUT2D eigenvalue weighted by Gasteiger charge is -2.35. The number of amides is 1. The molecule has 4 rings (SSSR count). The third kappa shape index (κ3) is 6.04. The van der Waals surface area contributed by atoms with Crippen LogP contribution < -0.4 is 4.74 Å². The first-order chi connectivity index (χ1) is 15.5. The molecular formula is C25H23BrCl2N2O2. The van der Waals surface area contributed by atoms with Crippen molar-refractivity contribution < 1.29 is 9.53 Å². The molecule has 166 valence electrons. The summed E-state index contributed by atoms with van der Waals surface area (Å²) < 4.78 is 6.85. The second-order valence-electron chi connectivity index (χ2n) is 7.75. The van der Waals surface area contributed by atoms with Crippen LogP contribution in [0.2, 0.25) is 10.0 Å². The average Bonchev–Trinajstić information content (AvgIpc) is 2.81. The smallest absolute Gasteiger partial charge is 0.253 e. The molecule has 0 N–H and O–H groups in total. The summed E-state index contributed by atoms with van der Waals surface area (Å²) in [7, 11) is 0. The Kier molecular flexibility index (Phi) is 7.74. The number of halogens is 3. The maximum absolute atomic E-state index is 13.0. The van der Waals surface area contributed by atoms with Gasteiger partial charge in [-0.05, 0) is 59.7 Å². The summed E-state index contributed by atoms with van der Waals surface area (Å²) in [6.45, 7) is 4.14. The van der Waals surface area contributed by atoms with Gasteiger partial charge in [0.1, 0.15) is 12.4 Å². The SMILES string of the molecule is O=C(c1cccc(COc2ccc(Br)cc2)c1)N1CCN(Cc2ccc(Cl)cc2Cl)CC1. The molecule has 4 nitrogen and oxygen atoms in total. The molecule has 1 saturated heterocycles. The summed E-state index contributed by atoms with van der Waals surface area (Å²) in [6, 6.07) is 21.0. The minimum absolute atomic E-state index is 0.0552. The first-order valence-electron chi connectivity index (χ1n) is 10.4. The molecule has 1 fully saturated rings. The molecule has 3 aromatic rings. The zero-order valence-corrected chi connectivity index (χ0v) is 20.5. The van der Waals surface area contributed by atoms with Crippen LogP contribution >= 0.6 is 39.1 Å². The van der Waals surface area contributed by atoms with E-state index >= 15 is 0 Å². The molecular weight excluding hydrogens is 511 g/mol. The normalized spacial score (nSPS) is 14.4. The predicted molar refractivity (Wildman–Crippen MR) is 133 cm³/mol. The van der Waals surface area contributed by atoms with Gasteiger partial charge >= 0.3 is 0 Å². The predicted octanol–water partition coefficient (Wildman–Crippen LogP) is 6.29. The average molecular weight is 534 g/mol. The van der Waals surface area contributed by atoms with Crippen LogP contribution in [-0.4, -0.2) is 41.9 Å². The molecule has 1 aliphatic rings. The second-order valence-corrected chi connectivity index (χ2v) is 9.51. The fourth-order valence-electron chi connectivity index (χ4n) is 3.67. The first-order valence-corrected chi connectivity index (χ1v) is 12.0. The number of nitrogens with zero attached hydrogens (tertiary/aromatic N) is 2. The molecule has 0 aliphatic carbocycles. The third-order valence-electron chi connectivity index (χ3n) is 5.46. The Hall–Kier alpha value is -2.05. The maximum atomic E-state index is 13.0. The van der Waals surface area contributed by atoms with Crippen molar-refractivity contribution in [2.24, 2.45) is 0 Å². The number of carbonyl (C=O) groups is 1. The second kappa shape index (κ2) is 10.7. The Labute approximate surface area is 206 Å². The quantitative estimate of drug-likeness (QED) is 0.373. The van der Waals surface area contributed by atoms with Gasteiger partial charge in [0.15, 0.2) is 0 Å². The van der Waals surface area contributed by atoms with Crippen LogP contribution in [0.25, 0.3) is 0 Å². The van der Waals surface area contributed by atoms with Crippen LogP contribution in [-0.2, 0) is 13.2 Å². The Morgan fingerprint density at radius 3 is 2.41 bits per heavy atom. The van der Waals surface area contributed by atoms with E-state index < -0.39 is 0 Å². The van der Waals surface area contributed by atoms with Gasteiger partial charge in [-0.15, -0.1) is 0 Å². The van der Waals surface area contributed by atoms with Crippen molar-refractivity contribution in [1.29, 1.82) is 0 Å². The molecule has 0 atom stereocenters. The number of hydrogen-bond donors (Lipinski definition) is 0. The fourth-order valence-corrected chi connectivity index (χ4v) is 4.41. The van der Waals surface area contributed by atoms with Crippen LogP contribution in [0.15, 0.2) is 71.2 Å². The number of carbonyl (C=O) groups excluding carboxylic acids is 1. The molecule has 0 aromatic heterocycles. The molecule has 0 saturated carbocycles. The molecule has 1 heterocycles. The molecule has 0 spiro atoms. The summed E-state index contributed by atoms with van der Waals surface area (Å²) in [5, 5.41) is 1.32. The summed E-state index contributed by atoms with van der Waals surface area (Å²) in [5.74, 6) is 0.849. The fraction of sp³-hybridized carbons (Fsp3) is 0.240. The molecule has 0 bridgehead atoms. The van der Waals surface area contributed by atoms with Gasteiger partial charge in [-0.1, -0.05) is 57.3 Å². The molecule has 1 aliphatic heterocycles. The largest absolute Gasteiger partial charge is 0.489 e. The first kappa shape index (κ1) is 23.1. The molecule has 3 aromatic carbocycles. The Balaban J connectivity index is 1.31. The van der Waals surface area contributed by atoms with Crippen molar-refractivity contribution in [1.82, 2.24) is 9.80 Å². The van der Waals surface area contributed by atoms with Crippen LogP contribution in [0, 0.1) is 0 Å². The van der Waals surface area contributed by atoms with E-state index in [1.165, 1.54) is 0 Å². The Morgan fingerprint density at radius 2 is 1.69 bits per heavy atom. The zero-order valence-electron chi connectivity index (χ0n) is 17.4. The van der Waals surface area contributed by atoms with Crippen molar-refractivity contribution in [2.75, 3.05) is 26.2 Å². The topological polar surface area (TPSA) is 32.8 Å². The molecule has 7 heteroatoms. The van der Waals surface area contributed by atoms with Gasteiger partial charge in [0, 0.05) is 52.8 Å². The number of ether oxygens (including phenoxy) is 1. The van der Waals surface area contributed by atoms with E-state index in [-0.39, 0.29) is 5.91 Å². The summed E-state index contributed by atoms with van der Waals surface area (Å²) in [6.07, 6.45) is 0. The lowest BCUT2D eigenvalue weighted by molar-refractivity contribution is 0.0628. The van der Waals surface area contributed by atoms with Crippen LogP contribution in [0.1, 0.15) is 21.5 Å². The van der Waals surface area contributed by atoms with Gasteiger partial charge in [-0.3, -0.25) is 9.69 Å². The highest BCUT2D eigenvalue weighted by molar-refractivity contribution is 9.10. The highest BCUT2D eigenvalue weighted by Crippen LogP contribution is 2.23. The van der Waals surface area contributed by atoms with Gasteiger partial charge < -0.3 is 9.64 Å². The minimum Gasteiger partial charge on any atom is -0.489 e. The third-order valence-corrected chi connectivity index (χ3v) is 6.58. The lowest BCUT2D eigenvalue weighted by atomic mass is 10.1. The highest BCUT2D eigenvalue weighted by atomic mass is 79.9. The van der Waals surface area contributed by atoms with E-state index in [0.717, 1.165) is 41.0 Å². The number of rotatable bonds is 6. The van der Waals surface area contributed by atoms with E-state index in [1.807, 2.05) is 65.6 Å². The van der Waals surface area contributed by atoms with Crippen molar-refractivity contribution >= 4 is 45.0 Å². The van der Waals surface area contributed by atoms with E-state index in [0.29, 0.717) is 35.3 Å². The molecule has 1 amide bonds. The highest BCUT2D eigenvalue weighted by Gasteiger charge is 2.22. The molecule has 32 heavy (non-hydrogen) atoms. The van der Waals surface area contributed by atoms with E-state index in [9.17, 15) is 4.79 Å². The Bertz CT molecular complexity index is 1080. The van der Waals surface area contributed by atoms with Crippen molar-refractivity contribution in [3.63, 3.8) is 0 Å². The summed E-state index contributed by atoms with van der Waals surface area (Å²) in [5.41, 5.74) is 2.71. The standard InChI is InChI=1S/C25H23BrCl2N2O2/c26-21-5-8-23(9-6-21)32-17-18-2-1-3-19(14-18)25(31)30-12-10-29(11-13-30)16-20-4-7-22(27)15-24(20)28/h1-9,14-15H,10-13,16-17H2. The van der Waals surface area contributed by atoms with E-state index in [4.69, 9.17) is 27.9 Å². The van der Waals surface area contributed by atoms with Crippen molar-refractivity contribution in [3.8, 4) is 5.75 Å². The van der Waals surface area contributed by atoms with Gasteiger partial charge in [0.05, 0.1) is 0 Å². The summed E-state index contributed by atoms with van der Waals surface area (Å²) >= 11 is 15.7. The van der Waals surface area contributed by atoms with Gasteiger partial charge in [-0.25, -0.2) is 0 Å². The van der Waals surface area contributed by atoms with Crippen LogP contribution in [0.5, 0.6) is 5.75 Å². The van der Waals surface area contributed by atoms with Crippen molar-refractivity contribution in [2.45, 2.75) is 13.2 Å². The monoisotopic (exact) mass is 532 g/mol. The van der Waals surface area contributed by atoms with Crippen LogP contribution in [0.4, 0.5) is 0 Å². The Morgan fingerprint density at radius 1 is 0.938 bits per heavy atom.